The zero-order chi connectivity index (χ0) is 20.5. The molecule has 1 fully saturated rings. The van der Waals surface area contributed by atoms with Gasteiger partial charge >= 0.3 is 0 Å². The van der Waals surface area contributed by atoms with Gasteiger partial charge in [0, 0.05) is 18.9 Å². The van der Waals surface area contributed by atoms with Crippen molar-refractivity contribution in [2.45, 2.75) is 38.6 Å². The number of hydrogen-bond donors (Lipinski definition) is 0. The van der Waals surface area contributed by atoms with Gasteiger partial charge in [-0.25, -0.2) is 15.0 Å². The van der Waals surface area contributed by atoms with Gasteiger partial charge in [0.1, 0.15) is 4.88 Å². The van der Waals surface area contributed by atoms with Crippen LogP contribution in [0.4, 0.5) is 0 Å². The zero-order valence-electron chi connectivity index (χ0n) is 16.7. The van der Waals surface area contributed by atoms with Crippen molar-refractivity contribution in [3.63, 3.8) is 0 Å². The lowest BCUT2D eigenvalue weighted by molar-refractivity contribution is 0.0615. The van der Waals surface area contributed by atoms with E-state index in [0.29, 0.717) is 22.1 Å². The van der Waals surface area contributed by atoms with E-state index in [-0.39, 0.29) is 18.7 Å². The number of aromatic nitrogens is 3. The van der Waals surface area contributed by atoms with Crippen LogP contribution in [-0.4, -0.2) is 39.1 Å². The third-order valence-corrected chi connectivity index (χ3v) is 6.61. The number of aryl methyl sites for hydroxylation is 1. The van der Waals surface area contributed by atoms with Gasteiger partial charge in [0.2, 0.25) is 6.79 Å². The molecule has 0 bridgehead atoms. The lowest BCUT2D eigenvalue weighted by atomic mass is 9.94. The molecule has 1 amide bonds. The maximum Gasteiger partial charge on any atom is 0.266 e. The lowest BCUT2D eigenvalue weighted by Gasteiger charge is -2.36. The standard InChI is InChI=1S/C22H22N4O3S/c1-2-15-19(30-21(25-15)20-23-9-5-10-24-20)22(27)26-11-4-3-6-16(26)14-7-8-17-18(12-14)29-13-28-17/h5,7-10,12,16H,2-4,6,11,13H2,1H3. The highest BCUT2D eigenvalue weighted by atomic mass is 32.1. The van der Waals surface area contributed by atoms with Crippen LogP contribution in [0.3, 0.4) is 0 Å². The summed E-state index contributed by atoms with van der Waals surface area (Å²) >= 11 is 1.38. The summed E-state index contributed by atoms with van der Waals surface area (Å²) in [7, 11) is 0. The number of piperidine rings is 1. The lowest BCUT2D eigenvalue weighted by Crippen LogP contribution is -2.38. The number of fused-ring (bicyclic) bond motifs is 1. The highest BCUT2D eigenvalue weighted by Crippen LogP contribution is 2.39. The van der Waals surface area contributed by atoms with E-state index in [4.69, 9.17) is 9.47 Å². The fourth-order valence-corrected chi connectivity index (χ4v) is 5.09. The fourth-order valence-electron chi connectivity index (χ4n) is 4.04. The first kappa shape index (κ1) is 19.0. The van der Waals surface area contributed by atoms with Crippen molar-refractivity contribution in [3.05, 3.63) is 52.8 Å². The molecule has 2 aliphatic heterocycles. The van der Waals surface area contributed by atoms with Gasteiger partial charge in [0.15, 0.2) is 22.3 Å². The molecule has 1 atom stereocenters. The minimum absolute atomic E-state index is 0.0176. The van der Waals surface area contributed by atoms with Gasteiger partial charge in [0.05, 0.1) is 11.7 Å². The van der Waals surface area contributed by atoms with Crippen molar-refractivity contribution < 1.29 is 14.3 Å². The molecule has 0 spiro atoms. The minimum Gasteiger partial charge on any atom is -0.454 e. The molecule has 1 saturated heterocycles. The number of carbonyl (C=O) groups excluding carboxylic acids is 1. The van der Waals surface area contributed by atoms with Gasteiger partial charge in [0.25, 0.3) is 5.91 Å². The van der Waals surface area contributed by atoms with Crippen molar-refractivity contribution in [1.82, 2.24) is 19.9 Å². The van der Waals surface area contributed by atoms with E-state index in [2.05, 4.69) is 15.0 Å². The third-order valence-electron chi connectivity index (χ3n) is 5.53. The average Bonchev–Trinajstić information content (AvgIpc) is 3.45. The van der Waals surface area contributed by atoms with Gasteiger partial charge in [-0.1, -0.05) is 13.0 Å². The van der Waals surface area contributed by atoms with Crippen LogP contribution in [0.25, 0.3) is 10.8 Å². The fraction of sp³-hybridized carbons (Fsp3) is 0.364. The first-order valence-electron chi connectivity index (χ1n) is 10.2. The molecule has 1 aromatic carbocycles. The Bertz CT molecular complexity index is 1070. The van der Waals surface area contributed by atoms with E-state index in [0.717, 1.165) is 48.6 Å². The normalized spacial score (nSPS) is 17.9. The van der Waals surface area contributed by atoms with Crippen molar-refractivity contribution >= 4 is 17.2 Å². The Hall–Kier alpha value is -3.00. The molecule has 4 heterocycles. The van der Waals surface area contributed by atoms with Crippen LogP contribution in [-0.2, 0) is 6.42 Å². The SMILES string of the molecule is CCc1nc(-c2ncccn2)sc1C(=O)N1CCCCC1c1ccc2c(c1)OCO2. The second-order valence-electron chi connectivity index (χ2n) is 7.34. The van der Waals surface area contributed by atoms with Crippen molar-refractivity contribution in [2.75, 3.05) is 13.3 Å². The van der Waals surface area contributed by atoms with Crippen LogP contribution in [0.1, 0.15) is 53.2 Å². The second kappa shape index (κ2) is 8.02. The van der Waals surface area contributed by atoms with Gasteiger partial charge in [-0.15, -0.1) is 11.3 Å². The molecule has 2 aliphatic rings. The van der Waals surface area contributed by atoms with Crippen molar-refractivity contribution in [1.29, 1.82) is 0 Å². The maximum atomic E-state index is 13.6. The number of amides is 1. The number of carbonyl (C=O) groups is 1. The largest absolute Gasteiger partial charge is 0.454 e. The maximum absolute atomic E-state index is 13.6. The molecule has 30 heavy (non-hydrogen) atoms. The van der Waals surface area contributed by atoms with E-state index in [9.17, 15) is 4.79 Å². The number of rotatable bonds is 4. The van der Waals surface area contributed by atoms with E-state index >= 15 is 0 Å². The smallest absolute Gasteiger partial charge is 0.266 e. The Kier molecular flexibility index (Phi) is 5.08. The topological polar surface area (TPSA) is 77.4 Å². The van der Waals surface area contributed by atoms with Crippen LogP contribution < -0.4 is 9.47 Å². The van der Waals surface area contributed by atoms with Gasteiger partial charge in [-0.2, -0.15) is 0 Å². The Morgan fingerprint density at radius 1 is 1.20 bits per heavy atom. The summed E-state index contributed by atoms with van der Waals surface area (Å²) in [6.07, 6.45) is 7.10. The van der Waals surface area contributed by atoms with Crippen LogP contribution >= 0.6 is 11.3 Å². The minimum atomic E-state index is 0.0176. The molecule has 5 rings (SSSR count). The number of likely N-dealkylation sites (tertiary alicyclic amines) is 1. The van der Waals surface area contributed by atoms with Gasteiger partial charge < -0.3 is 14.4 Å². The quantitative estimate of drug-likeness (QED) is 0.625. The Balaban J connectivity index is 1.47. The number of ether oxygens (including phenoxy) is 2. The first-order chi connectivity index (χ1) is 14.7. The molecule has 3 aromatic rings. The van der Waals surface area contributed by atoms with E-state index in [1.165, 1.54) is 11.3 Å². The van der Waals surface area contributed by atoms with E-state index in [1.54, 1.807) is 18.5 Å². The van der Waals surface area contributed by atoms with Crippen LogP contribution in [0.5, 0.6) is 11.5 Å². The molecule has 0 saturated carbocycles. The summed E-state index contributed by atoms with van der Waals surface area (Å²) in [5, 5.41) is 0.687. The average molecular weight is 423 g/mol. The Morgan fingerprint density at radius 3 is 2.87 bits per heavy atom. The van der Waals surface area contributed by atoms with Crippen LogP contribution in [0, 0.1) is 0 Å². The molecule has 1 unspecified atom stereocenters. The molecule has 0 N–H and O–H groups in total. The van der Waals surface area contributed by atoms with Gasteiger partial charge in [-0.3, -0.25) is 4.79 Å². The number of thiazole rings is 1. The first-order valence-corrected chi connectivity index (χ1v) is 11.0. The summed E-state index contributed by atoms with van der Waals surface area (Å²) in [4.78, 5) is 29.6. The van der Waals surface area contributed by atoms with Crippen LogP contribution in [0.15, 0.2) is 36.7 Å². The monoisotopic (exact) mass is 422 g/mol. The Morgan fingerprint density at radius 2 is 2.03 bits per heavy atom. The zero-order valence-corrected chi connectivity index (χ0v) is 17.5. The predicted octanol–water partition coefficient (Wildman–Crippen LogP) is 4.26. The molecule has 2 aromatic heterocycles. The molecule has 0 radical (unpaired) electrons. The van der Waals surface area contributed by atoms with Crippen molar-refractivity contribution in [2.24, 2.45) is 0 Å². The molecule has 7 nitrogen and oxygen atoms in total. The second-order valence-corrected chi connectivity index (χ2v) is 8.34. The highest BCUT2D eigenvalue weighted by Gasteiger charge is 2.32. The summed E-state index contributed by atoms with van der Waals surface area (Å²) in [6.45, 7) is 3.00. The Labute approximate surface area is 178 Å². The summed E-state index contributed by atoms with van der Waals surface area (Å²) in [5.41, 5.74) is 1.89. The van der Waals surface area contributed by atoms with Gasteiger partial charge in [-0.05, 0) is 49.4 Å². The molecule has 8 heteroatoms. The van der Waals surface area contributed by atoms with Crippen molar-refractivity contribution in [3.8, 4) is 22.3 Å². The molecule has 154 valence electrons. The summed E-state index contributed by atoms with van der Waals surface area (Å²) in [5.74, 6) is 2.10. The predicted molar refractivity (Wildman–Crippen MR) is 113 cm³/mol. The van der Waals surface area contributed by atoms with E-state index < -0.39 is 0 Å². The number of benzene rings is 1. The molecule has 0 aliphatic carbocycles. The molecular formula is C22H22N4O3S. The summed E-state index contributed by atoms with van der Waals surface area (Å²) in [6, 6.07) is 7.77. The number of hydrogen-bond acceptors (Lipinski definition) is 7. The third kappa shape index (κ3) is 3.41. The summed E-state index contributed by atoms with van der Waals surface area (Å²) < 4.78 is 11.0. The van der Waals surface area contributed by atoms with E-state index in [1.807, 2.05) is 30.0 Å². The highest BCUT2D eigenvalue weighted by molar-refractivity contribution is 7.17. The number of nitrogens with zero attached hydrogens (tertiary/aromatic N) is 4. The van der Waals surface area contributed by atoms with Crippen LogP contribution in [0.2, 0.25) is 0 Å². The molecular weight excluding hydrogens is 400 g/mol.